The minimum atomic E-state index is -3.19. The number of sulfonamides is 1. The molecular weight excluding hydrogens is 254 g/mol. The molecule has 2 saturated heterocycles. The van der Waals surface area contributed by atoms with Crippen LogP contribution in [0.5, 0.6) is 0 Å². The van der Waals surface area contributed by atoms with Gasteiger partial charge in [-0.15, -0.1) is 0 Å². The average Bonchev–Trinajstić information content (AvgIpc) is 2.81. The molecule has 0 aliphatic carbocycles. The number of hydrogen-bond donors (Lipinski definition) is 2. The molecule has 2 aliphatic rings. The van der Waals surface area contributed by atoms with Gasteiger partial charge in [-0.2, -0.15) is 0 Å². The highest BCUT2D eigenvalue weighted by atomic mass is 32.2. The molecule has 0 aromatic carbocycles. The summed E-state index contributed by atoms with van der Waals surface area (Å²) >= 11 is 0. The summed E-state index contributed by atoms with van der Waals surface area (Å²) in [5.74, 6) is 0.0998. The standard InChI is InChI=1S/C11H23N3O3S/c12-4-2-6-18(15,16)13-7-11-8-14-5-1-3-10(14)9-17-11/h10-11,13H,1-9,12H2. The van der Waals surface area contributed by atoms with Crippen molar-refractivity contribution >= 4 is 10.0 Å². The number of hydrogen-bond acceptors (Lipinski definition) is 5. The lowest BCUT2D eigenvalue weighted by Crippen LogP contribution is -2.50. The van der Waals surface area contributed by atoms with Gasteiger partial charge in [-0.3, -0.25) is 4.90 Å². The SMILES string of the molecule is NCCCS(=O)(=O)NCC1CN2CCCC2CO1. The molecule has 0 aromatic rings. The van der Waals surface area contributed by atoms with E-state index < -0.39 is 10.0 Å². The Morgan fingerprint density at radius 1 is 1.44 bits per heavy atom. The van der Waals surface area contributed by atoms with E-state index in [1.807, 2.05) is 0 Å². The summed E-state index contributed by atoms with van der Waals surface area (Å²) in [6.45, 7) is 3.45. The quantitative estimate of drug-likeness (QED) is 0.658. The minimum absolute atomic E-state index is 0.0213. The van der Waals surface area contributed by atoms with Crippen LogP contribution in [-0.4, -0.2) is 64.0 Å². The fourth-order valence-electron chi connectivity index (χ4n) is 2.57. The van der Waals surface area contributed by atoms with Crippen LogP contribution in [0.3, 0.4) is 0 Å². The second kappa shape index (κ2) is 6.29. The van der Waals surface area contributed by atoms with Crippen molar-refractivity contribution < 1.29 is 13.2 Å². The molecule has 2 atom stereocenters. The maximum absolute atomic E-state index is 11.6. The summed E-state index contributed by atoms with van der Waals surface area (Å²) < 4.78 is 31.6. The fourth-order valence-corrected chi connectivity index (χ4v) is 3.71. The zero-order valence-corrected chi connectivity index (χ0v) is 11.5. The van der Waals surface area contributed by atoms with E-state index in [-0.39, 0.29) is 11.9 Å². The van der Waals surface area contributed by atoms with Crippen LogP contribution < -0.4 is 10.5 Å². The summed E-state index contributed by atoms with van der Waals surface area (Å²) in [6, 6.07) is 0.551. The Kier molecular flexibility index (Phi) is 4.97. The van der Waals surface area contributed by atoms with Gasteiger partial charge in [-0.1, -0.05) is 0 Å². The van der Waals surface area contributed by atoms with Crippen LogP contribution in [0.15, 0.2) is 0 Å². The van der Waals surface area contributed by atoms with Gasteiger partial charge in [-0.25, -0.2) is 13.1 Å². The third-order valence-corrected chi connectivity index (χ3v) is 5.04. The van der Waals surface area contributed by atoms with E-state index in [2.05, 4.69) is 9.62 Å². The molecule has 0 aromatic heterocycles. The molecule has 2 heterocycles. The van der Waals surface area contributed by atoms with Crippen molar-refractivity contribution in [2.24, 2.45) is 5.73 Å². The van der Waals surface area contributed by atoms with Crippen molar-refractivity contribution in [3.05, 3.63) is 0 Å². The van der Waals surface area contributed by atoms with Gasteiger partial charge in [0.15, 0.2) is 0 Å². The topological polar surface area (TPSA) is 84.7 Å². The summed E-state index contributed by atoms with van der Waals surface area (Å²) in [4.78, 5) is 2.41. The highest BCUT2D eigenvalue weighted by Gasteiger charge is 2.32. The summed E-state index contributed by atoms with van der Waals surface area (Å²) in [6.07, 6.45) is 2.90. The number of rotatable bonds is 6. The second-order valence-corrected chi connectivity index (χ2v) is 6.98. The Hall–Kier alpha value is -0.210. The Morgan fingerprint density at radius 3 is 3.06 bits per heavy atom. The van der Waals surface area contributed by atoms with Crippen LogP contribution in [0, 0.1) is 0 Å². The van der Waals surface area contributed by atoms with Crippen LogP contribution >= 0.6 is 0 Å². The van der Waals surface area contributed by atoms with Gasteiger partial charge >= 0.3 is 0 Å². The van der Waals surface area contributed by atoms with Crippen molar-refractivity contribution in [2.75, 3.05) is 38.5 Å². The van der Waals surface area contributed by atoms with Crippen LogP contribution in [-0.2, 0) is 14.8 Å². The lowest BCUT2D eigenvalue weighted by atomic mass is 10.2. The predicted molar refractivity (Wildman–Crippen MR) is 69.8 cm³/mol. The van der Waals surface area contributed by atoms with Gasteiger partial charge in [-0.05, 0) is 32.4 Å². The molecule has 2 rings (SSSR count). The van der Waals surface area contributed by atoms with Crippen molar-refractivity contribution in [2.45, 2.75) is 31.4 Å². The van der Waals surface area contributed by atoms with E-state index in [4.69, 9.17) is 10.5 Å². The van der Waals surface area contributed by atoms with E-state index in [9.17, 15) is 8.42 Å². The molecule has 2 aliphatic heterocycles. The third kappa shape index (κ3) is 3.89. The molecule has 0 radical (unpaired) electrons. The van der Waals surface area contributed by atoms with Crippen LogP contribution in [0.1, 0.15) is 19.3 Å². The monoisotopic (exact) mass is 277 g/mol. The third-order valence-electron chi connectivity index (χ3n) is 3.61. The van der Waals surface area contributed by atoms with Crippen molar-refractivity contribution in [3.8, 4) is 0 Å². The van der Waals surface area contributed by atoms with Gasteiger partial charge < -0.3 is 10.5 Å². The molecule has 106 valence electrons. The summed E-state index contributed by atoms with van der Waals surface area (Å²) in [5, 5.41) is 0. The van der Waals surface area contributed by atoms with Crippen molar-refractivity contribution in [1.29, 1.82) is 0 Å². The Balaban J connectivity index is 1.73. The van der Waals surface area contributed by atoms with E-state index in [1.54, 1.807) is 0 Å². The predicted octanol–water partition coefficient (Wildman–Crippen LogP) is -0.882. The molecule has 2 fully saturated rings. The summed E-state index contributed by atoms with van der Waals surface area (Å²) in [7, 11) is -3.19. The molecule has 18 heavy (non-hydrogen) atoms. The lowest BCUT2D eigenvalue weighted by molar-refractivity contribution is -0.0448. The highest BCUT2D eigenvalue weighted by molar-refractivity contribution is 7.89. The zero-order valence-electron chi connectivity index (χ0n) is 10.7. The number of ether oxygens (including phenoxy) is 1. The van der Waals surface area contributed by atoms with Gasteiger partial charge in [0.05, 0.1) is 18.5 Å². The van der Waals surface area contributed by atoms with Gasteiger partial charge in [0.25, 0.3) is 0 Å². The highest BCUT2D eigenvalue weighted by Crippen LogP contribution is 2.22. The van der Waals surface area contributed by atoms with E-state index in [0.29, 0.717) is 25.6 Å². The average molecular weight is 277 g/mol. The molecular formula is C11H23N3O3S. The number of nitrogens with two attached hydrogens (primary N) is 1. The number of nitrogens with one attached hydrogen (secondary N) is 1. The second-order valence-electron chi connectivity index (χ2n) is 5.06. The number of fused-ring (bicyclic) bond motifs is 1. The number of morpholine rings is 1. The van der Waals surface area contributed by atoms with Gasteiger partial charge in [0.1, 0.15) is 0 Å². The first kappa shape index (κ1) is 14.2. The molecule has 7 heteroatoms. The Morgan fingerprint density at radius 2 is 2.28 bits per heavy atom. The first-order valence-electron chi connectivity index (χ1n) is 6.64. The first-order chi connectivity index (χ1) is 8.61. The molecule has 3 N–H and O–H groups in total. The molecule has 6 nitrogen and oxygen atoms in total. The first-order valence-corrected chi connectivity index (χ1v) is 8.29. The van der Waals surface area contributed by atoms with Crippen molar-refractivity contribution in [3.63, 3.8) is 0 Å². The maximum atomic E-state index is 11.6. The van der Waals surface area contributed by atoms with Crippen molar-refractivity contribution in [1.82, 2.24) is 9.62 Å². The van der Waals surface area contributed by atoms with Crippen LogP contribution in [0.25, 0.3) is 0 Å². The molecule has 0 amide bonds. The number of nitrogens with zero attached hydrogens (tertiary/aromatic N) is 1. The van der Waals surface area contributed by atoms with E-state index in [0.717, 1.165) is 19.7 Å². The molecule has 2 unspecified atom stereocenters. The van der Waals surface area contributed by atoms with E-state index >= 15 is 0 Å². The Bertz CT molecular complexity index is 361. The smallest absolute Gasteiger partial charge is 0.211 e. The fraction of sp³-hybridized carbons (Fsp3) is 1.00. The van der Waals surface area contributed by atoms with Crippen LogP contribution in [0.4, 0.5) is 0 Å². The maximum Gasteiger partial charge on any atom is 0.211 e. The zero-order chi connectivity index (χ0) is 13.0. The normalized spacial score (nSPS) is 29.4. The van der Waals surface area contributed by atoms with Crippen LogP contribution in [0.2, 0.25) is 0 Å². The lowest BCUT2D eigenvalue weighted by Gasteiger charge is -2.35. The van der Waals surface area contributed by atoms with E-state index in [1.165, 1.54) is 12.8 Å². The largest absolute Gasteiger partial charge is 0.374 e. The summed E-state index contributed by atoms with van der Waals surface area (Å²) in [5.41, 5.74) is 5.31. The Labute approximate surface area is 109 Å². The molecule has 0 saturated carbocycles. The molecule has 0 spiro atoms. The minimum Gasteiger partial charge on any atom is -0.374 e. The van der Waals surface area contributed by atoms with Gasteiger partial charge in [0.2, 0.25) is 10.0 Å². The van der Waals surface area contributed by atoms with Gasteiger partial charge in [0, 0.05) is 19.1 Å². The molecule has 0 bridgehead atoms.